The average Bonchev–Trinajstić information content (AvgIpc) is 3.20. The largest absolute Gasteiger partial charge is 0.350 e. The number of aromatic nitrogens is 5. The van der Waals surface area contributed by atoms with Crippen LogP contribution in [0.1, 0.15) is 5.56 Å². The van der Waals surface area contributed by atoms with Crippen LogP contribution in [0.2, 0.25) is 0 Å². The molecule has 0 saturated carbocycles. The van der Waals surface area contributed by atoms with Gasteiger partial charge in [0, 0.05) is 29.9 Å². The highest BCUT2D eigenvalue weighted by molar-refractivity contribution is 5.92. The van der Waals surface area contributed by atoms with Crippen molar-refractivity contribution in [3.63, 3.8) is 0 Å². The lowest BCUT2D eigenvalue weighted by atomic mass is 10.2. The number of benzene rings is 2. The number of para-hydroxylation sites is 1. The second-order valence-corrected chi connectivity index (χ2v) is 6.34. The van der Waals surface area contributed by atoms with Crippen molar-refractivity contribution in [2.45, 2.75) is 6.54 Å². The van der Waals surface area contributed by atoms with Crippen molar-refractivity contribution in [3.05, 3.63) is 84.4 Å². The van der Waals surface area contributed by atoms with Crippen LogP contribution in [0, 0.1) is 5.82 Å². The number of rotatable bonds is 4. The molecule has 0 aliphatic rings. The molecule has 0 spiro atoms. The Morgan fingerprint density at radius 1 is 0.893 bits per heavy atom. The Morgan fingerprint density at radius 3 is 2.50 bits per heavy atom. The summed E-state index contributed by atoms with van der Waals surface area (Å²) in [6, 6.07) is 17.9. The Morgan fingerprint density at radius 2 is 1.68 bits per heavy atom. The summed E-state index contributed by atoms with van der Waals surface area (Å²) in [6.07, 6.45) is 3.43. The second kappa shape index (κ2) is 6.70. The maximum atomic E-state index is 13.1. The van der Waals surface area contributed by atoms with Crippen molar-refractivity contribution in [2.75, 3.05) is 5.32 Å². The summed E-state index contributed by atoms with van der Waals surface area (Å²) in [6.45, 7) is 0.491. The molecule has 0 amide bonds. The Bertz CT molecular complexity index is 1270. The molecule has 0 unspecified atom stereocenters. The lowest BCUT2D eigenvalue weighted by Gasteiger charge is -2.09. The highest BCUT2D eigenvalue weighted by Crippen LogP contribution is 2.24. The minimum absolute atomic E-state index is 0.256. The van der Waals surface area contributed by atoms with Gasteiger partial charge in [-0.1, -0.05) is 24.3 Å². The van der Waals surface area contributed by atoms with Gasteiger partial charge in [-0.2, -0.15) is 4.52 Å². The second-order valence-electron chi connectivity index (χ2n) is 6.34. The van der Waals surface area contributed by atoms with Crippen molar-refractivity contribution < 1.29 is 4.39 Å². The number of nitrogens with one attached hydrogen (secondary N) is 1. The molecule has 6 nitrogen and oxygen atoms in total. The fraction of sp³-hybridized carbons (Fsp3) is 0.0476. The summed E-state index contributed by atoms with van der Waals surface area (Å²) in [5, 5.41) is 8.87. The number of nitrogens with zero attached hydrogens (tertiary/aromatic N) is 5. The maximum absolute atomic E-state index is 13.1. The molecule has 5 aromatic rings. The highest BCUT2D eigenvalue weighted by Gasteiger charge is 2.14. The van der Waals surface area contributed by atoms with Gasteiger partial charge in [0.1, 0.15) is 5.82 Å². The predicted molar refractivity (Wildman–Crippen MR) is 105 cm³/mol. The minimum Gasteiger partial charge on any atom is -0.350 e. The quantitative estimate of drug-likeness (QED) is 0.516. The molecule has 3 heterocycles. The third kappa shape index (κ3) is 2.92. The number of pyridine rings is 1. The average molecular weight is 370 g/mol. The minimum atomic E-state index is -0.256. The van der Waals surface area contributed by atoms with Gasteiger partial charge in [-0.3, -0.25) is 4.98 Å². The van der Waals surface area contributed by atoms with Gasteiger partial charge in [0.2, 0.25) is 5.95 Å². The zero-order chi connectivity index (χ0) is 18.9. The van der Waals surface area contributed by atoms with Gasteiger partial charge >= 0.3 is 0 Å². The third-order valence-electron chi connectivity index (χ3n) is 4.48. The molecule has 1 N–H and O–H groups in total. The lowest BCUT2D eigenvalue weighted by Crippen LogP contribution is -2.08. The van der Waals surface area contributed by atoms with Crippen LogP contribution in [-0.2, 0) is 6.54 Å². The van der Waals surface area contributed by atoms with Gasteiger partial charge in [-0.25, -0.2) is 14.4 Å². The van der Waals surface area contributed by atoms with Crippen LogP contribution in [0.15, 0.2) is 73.1 Å². The first-order valence-corrected chi connectivity index (χ1v) is 8.82. The molecule has 0 saturated heterocycles. The molecule has 0 fully saturated rings. The van der Waals surface area contributed by atoms with Gasteiger partial charge in [0.25, 0.3) is 0 Å². The molecule has 136 valence electrons. The van der Waals surface area contributed by atoms with Crippen molar-refractivity contribution in [2.24, 2.45) is 0 Å². The van der Waals surface area contributed by atoms with Crippen LogP contribution >= 0.6 is 0 Å². The van der Waals surface area contributed by atoms with E-state index >= 15 is 0 Å². The molecular formula is C21H15FN6. The smallest absolute Gasteiger partial charge is 0.226 e. The fourth-order valence-electron chi connectivity index (χ4n) is 3.08. The van der Waals surface area contributed by atoms with Crippen LogP contribution in [0.3, 0.4) is 0 Å². The zero-order valence-electron chi connectivity index (χ0n) is 14.7. The topological polar surface area (TPSA) is 68.0 Å². The molecule has 0 bridgehead atoms. The van der Waals surface area contributed by atoms with E-state index in [4.69, 9.17) is 9.97 Å². The van der Waals surface area contributed by atoms with Crippen LogP contribution in [0.4, 0.5) is 10.3 Å². The fourth-order valence-corrected chi connectivity index (χ4v) is 3.08. The summed E-state index contributed by atoms with van der Waals surface area (Å²) in [7, 11) is 0. The maximum Gasteiger partial charge on any atom is 0.226 e. The summed E-state index contributed by atoms with van der Waals surface area (Å²) in [4.78, 5) is 13.5. The van der Waals surface area contributed by atoms with Crippen molar-refractivity contribution in [1.82, 2.24) is 24.6 Å². The molecule has 0 radical (unpaired) electrons. The first kappa shape index (κ1) is 16.3. The summed E-state index contributed by atoms with van der Waals surface area (Å²) >= 11 is 0. The van der Waals surface area contributed by atoms with Crippen molar-refractivity contribution in [3.8, 4) is 11.4 Å². The van der Waals surface area contributed by atoms with Gasteiger partial charge in [0.05, 0.1) is 5.52 Å². The van der Waals surface area contributed by atoms with Crippen LogP contribution in [0.5, 0.6) is 0 Å². The summed E-state index contributed by atoms with van der Waals surface area (Å²) < 4.78 is 14.8. The molecule has 0 aliphatic carbocycles. The van der Waals surface area contributed by atoms with E-state index in [-0.39, 0.29) is 5.82 Å². The predicted octanol–water partition coefficient (Wildman–Crippen LogP) is 4.09. The van der Waals surface area contributed by atoms with Gasteiger partial charge in [0.15, 0.2) is 11.5 Å². The van der Waals surface area contributed by atoms with Crippen LogP contribution < -0.4 is 5.32 Å². The lowest BCUT2D eigenvalue weighted by molar-refractivity contribution is 0.627. The Labute approximate surface area is 159 Å². The van der Waals surface area contributed by atoms with Crippen molar-refractivity contribution in [1.29, 1.82) is 0 Å². The monoisotopic (exact) mass is 370 g/mol. The molecule has 5 rings (SSSR count). The van der Waals surface area contributed by atoms with E-state index in [2.05, 4.69) is 15.4 Å². The molecule has 0 atom stereocenters. The summed E-state index contributed by atoms with van der Waals surface area (Å²) in [5.41, 5.74) is 3.37. The van der Waals surface area contributed by atoms with E-state index in [1.807, 2.05) is 36.4 Å². The first-order valence-electron chi connectivity index (χ1n) is 8.82. The number of hydrogen-bond donors (Lipinski definition) is 1. The molecule has 3 aromatic heterocycles. The zero-order valence-corrected chi connectivity index (χ0v) is 14.7. The van der Waals surface area contributed by atoms with E-state index in [9.17, 15) is 4.39 Å². The SMILES string of the molecule is Fc1ccc(CNc2nc3ccccc3c3nc(-c4ccncc4)nn23)cc1. The Balaban J connectivity index is 1.62. The van der Waals surface area contributed by atoms with E-state index in [0.717, 1.165) is 27.7 Å². The van der Waals surface area contributed by atoms with Crippen LogP contribution in [0.25, 0.3) is 27.9 Å². The van der Waals surface area contributed by atoms with E-state index in [1.54, 1.807) is 29.0 Å². The molecule has 2 aromatic carbocycles. The molecule has 7 heteroatoms. The standard InChI is InChI=1S/C21H15FN6/c22-16-7-5-14(6-8-16)13-24-21-25-18-4-2-1-3-17(18)20-26-19(27-28(20)21)15-9-11-23-12-10-15/h1-12H,13H2,(H,24,25). The number of halogens is 1. The van der Waals surface area contributed by atoms with Gasteiger partial charge in [-0.05, 0) is 42.0 Å². The van der Waals surface area contributed by atoms with Crippen molar-refractivity contribution >= 4 is 22.5 Å². The molecule has 28 heavy (non-hydrogen) atoms. The number of anilines is 1. The number of fused-ring (bicyclic) bond motifs is 3. The normalized spacial score (nSPS) is 11.2. The van der Waals surface area contributed by atoms with E-state index in [0.29, 0.717) is 18.3 Å². The third-order valence-corrected chi connectivity index (χ3v) is 4.48. The number of hydrogen-bond acceptors (Lipinski definition) is 5. The Hall–Kier alpha value is -3.87. The van der Waals surface area contributed by atoms with Crippen LogP contribution in [-0.4, -0.2) is 24.6 Å². The Kier molecular flexibility index (Phi) is 3.90. The van der Waals surface area contributed by atoms with Gasteiger partial charge < -0.3 is 5.32 Å². The highest BCUT2D eigenvalue weighted by atomic mass is 19.1. The molecular weight excluding hydrogens is 355 g/mol. The van der Waals surface area contributed by atoms with Gasteiger partial charge in [-0.15, -0.1) is 5.10 Å². The van der Waals surface area contributed by atoms with E-state index in [1.165, 1.54) is 12.1 Å². The van der Waals surface area contributed by atoms with E-state index < -0.39 is 0 Å². The summed E-state index contributed by atoms with van der Waals surface area (Å²) in [5.74, 6) is 0.921. The molecule has 0 aliphatic heterocycles. The first-order chi connectivity index (χ1) is 13.8.